The molecule has 0 radical (unpaired) electrons. The second-order valence-electron chi connectivity index (χ2n) is 15.0. The molecule has 0 bridgehead atoms. The number of amides is 5. The zero-order valence-corrected chi connectivity index (χ0v) is 33.6. The molecule has 6 heterocycles. The van der Waals surface area contributed by atoms with Crippen molar-refractivity contribution >= 4 is 75.6 Å². The maximum absolute atomic E-state index is 13.7. The minimum absolute atomic E-state index is 0.0517. The molecule has 3 saturated heterocycles. The molecule has 5 amide bonds. The molecule has 0 saturated carbocycles. The minimum atomic E-state index is -1.04. The minimum Gasteiger partial charge on any atom is -0.486 e. The van der Waals surface area contributed by atoms with E-state index in [1.54, 1.807) is 42.6 Å². The van der Waals surface area contributed by atoms with Crippen LogP contribution in [0, 0.1) is 11.3 Å². The first-order valence-corrected chi connectivity index (χ1v) is 20.2. The number of ether oxygens (including phenoxy) is 1. The lowest BCUT2D eigenvalue weighted by atomic mass is 9.93. The number of rotatable bonds is 9. The van der Waals surface area contributed by atoms with Crippen LogP contribution in [0.15, 0.2) is 67.1 Å². The zero-order chi connectivity index (χ0) is 41.5. The van der Waals surface area contributed by atoms with Crippen LogP contribution >= 0.6 is 23.2 Å². The van der Waals surface area contributed by atoms with Crippen molar-refractivity contribution in [3.63, 3.8) is 0 Å². The number of nitrogens with two attached hydrogens (primary N) is 1. The number of nitrogen functional groups attached to an aromatic ring is 1. The number of nitrogens with zero attached hydrogens (tertiary/aromatic N) is 6. The van der Waals surface area contributed by atoms with Gasteiger partial charge in [-0.1, -0.05) is 29.3 Å². The van der Waals surface area contributed by atoms with Crippen LogP contribution in [0.1, 0.15) is 76.1 Å². The molecule has 59 heavy (non-hydrogen) atoms. The van der Waals surface area contributed by atoms with Crippen LogP contribution in [0.3, 0.4) is 0 Å². The van der Waals surface area contributed by atoms with Crippen molar-refractivity contribution in [2.24, 2.45) is 5.92 Å². The largest absolute Gasteiger partial charge is 0.486 e. The number of anilines is 3. The average molecular weight is 839 g/mol. The number of imide groups is 2. The van der Waals surface area contributed by atoms with E-state index < -0.39 is 35.8 Å². The fraction of sp³-hybridized carbons (Fsp3) is 0.333. The Kier molecular flexibility index (Phi) is 11.0. The van der Waals surface area contributed by atoms with Crippen molar-refractivity contribution < 1.29 is 28.7 Å². The van der Waals surface area contributed by atoms with Crippen molar-refractivity contribution in [1.82, 2.24) is 25.1 Å². The van der Waals surface area contributed by atoms with Gasteiger partial charge in [-0.3, -0.25) is 44.6 Å². The highest BCUT2D eigenvalue weighted by atomic mass is 35.5. The van der Waals surface area contributed by atoms with Crippen LogP contribution in [-0.4, -0.2) is 100 Å². The standard InChI is InChI=1S/C42H41Cl2N9O6/c1-23(36-29(43)21-47-22-30(36)44)59-26-6-7-31(45)28(19-26)38(46)25-5-9-34(48-20-25)51-15-17-52(18-16-51)40(56)24-11-13-50(14-12-24)32-4-2-3-27-37(32)42(58)53(41(27)57)33-8-10-35(54)49-39(33)55/h2-7,9,19-24,33,46H,8,10-18,45H2,1H3,(H,49,54,55)/t23-,33?/m1/s1. The monoisotopic (exact) mass is 837 g/mol. The number of pyridine rings is 2. The fourth-order valence-corrected chi connectivity index (χ4v) is 8.99. The predicted molar refractivity (Wildman–Crippen MR) is 221 cm³/mol. The number of hydrogen-bond donors (Lipinski definition) is 3. The summed E-state index contributed by atoms with van der Waals surface area (Å²) in [5.41, 5.74) is 9.68. The first kappa shape index (κ1) is 39.8. The fourth-order valence-electron chi connectivity index (χ4n) is 8.32. The first-order valence-electron chi connectivity index (χ1n) is 19.4. The third-order valence-electron chi connectivity index (χ3n) is 11.5. The average Bonchev–Trinajstić information content (AvgIpc) is 3.49. The van der Waals surface area contributed by atoms with Crippen molar-refractivity contribution in [1.29, 1.82) is 5.41 Å². The second-order valence-corrected chi connectivity index (χ2v) is 15.8. The first-order chi connectivity index (χ1) is 28.4. The van der Waals surface area contributed by atoms with Gasteiger partial charge in [0.05, 0.1) is 32.6 Å². The second kappa shape index (κ2) is 16.3. The molecule has 3 fully saturated rings. The molecule has 0 aliphatic carbocycles. The number of carbonyl (C=O) groups is 5. The van der Waals surface area contributed by atoms with Gasteiger partial charge >= 0.3 is 0 Å². The maximum atomic E-state index is 13.7. The SMILES string of the molecule is C[C@@H](Oc1ccc(N)c(C(=N)c2ccc(N3CCN(C(=O)C4CCN(c5cccc6c5C(=O)N(C5CCC(=O)NC5=O)C6=O)CC4)CC3)nc2)c1)c1c(Cl)cncc1Cl. The summed E-state index contributed by atoms with van der Waals surface area (Å²) in [6.07, 6.45) is 5.49. The van der Waals surface area contributed by atoms with Gasteiger partial charge in [-0.2, -0.15) is 0 Å². The summed E-state index contributed by atoms with van der Waals surface area (Å²) in [5.74, 6) is -1.00. The lowest BCUT2D eigenvalue weighted by Crippen LogP contribution is -2.54. The molecule has 2 atom stereocenters. The van der Waals surface area contributed by atoms with Gasteiger partial charge in [0.15, 0.2) is 0 Å². The smallest absolute Gasteiger partial charge is 0.264 e. The summed E-state index contributed by atoms with van der Waals surface area (Å²) < 4.78 is 6.13. The van der Waals surface area contributed by atoms with Crippen LogP contribution in [0.2, 0.25) is 10.0 Å². The van der Waals surface area contributed by atoms with Gasteiger partial charge in [-0.15, -0.1) is 0 Å². The lowest BCUT2D eigenvalue weighted by molar-refractivity contribution is -0.137. The van der Waals surface area contributed by atoms with E-state index in [1.807, 2.05) is 28.9 Å². The van der Waals surface area contributed by atoms with Crippen molar-refractivity contribution in [3.05, 3.63) is 105 Å². The Balaban J connectivity index is 0.847. The van der Waals surface area contributed by atoms with E-state index in [-0.39, 0.29) is 41.5 Å². The summed E-state index contributed by atoms with van der Waals surface area (Å²) in [7, 11) is 0. The molecular weight excluding hydrogens is 797 g/mol. The number of piperazine rings is 1. The molecule has 0 spiro atoms. The number of piperidine rings is 2. The van der Waals surface area contributed by atoms with Gasteiger partial charge in [0.25, 0.3) is 11.8 Å². The summed E-state index contributed by atoms with van der Waals surface area (Å²) in [6.45, 7) is 5.14. The number of halogens is 2. The zero-order valence-electron chi connectivity index (χ0n) is 32.1. The van der Waals surface area contributed by atoms with Crippen LogP contribution in [-0.2, 0) is 14.4 Å². The van der Waals surface area contributed by atoms with E-state index in [0.717, 1.165) is 10.7 Å². The number of benzene rings is 2. The third kappa shape index (κ3) is 7.67. The molecule has 1 unspecified atom stereocenters. The molecule has 4 aromatic rings. The lowest BCUT2D eigenvalue weighted by Gasteiger charge is -2.39. The molecule has 4 N–H and O–H groups in total. The van der Waals surface area contributed by atoms with Gasteiger partial charge in [0.1, 0.15) is 23.7 Å². The van der Waals surface area contributed by atoms with Crippen molar-refractivity contribution in [2.45, 2.75) is 44.8 Å². The molecular formula is C42H41Cl2N9O6. The van der Waals surface area contributed by atoms with E-state index in [0.29, 0.717) is 96.0 Å². The Morgan fingerprint density at radius 3 is 2.31 bits per heavy atom. The maximum Gasteiger partial charge on any atom is 0.264 e. The van der Waals surface area contributed by atoms with Gasteiger partial charge in [-0.25, -0.2) is 4.98 Å². The van der Waals surface area contributed by atoms with Gasteiger partial charge in [0, 0.05) is 92.6 Å². The van der Waals surface area contributed by atoms with Crippen LogP contribution in [0.4, 0.5) is 17.2 Å². The molecule has 8 rings (SSSR count). The quantitative estimate of drug-likeness (QED) is 0.118. The van der Waals surface area contributed by atoms with Crippen LogP contribution < -0.4 is 25.6 Å². The summed E-state index contributed by atoms with van der Waals surface area (Å²) in [6, 6.07) is 12.9. The molecule has 4 aliphatic rings. The number of aromatic nitrogens is 2. The molecule has 2 aromatic heterocycles. The molecule has 2 aromatic carbocycles. The summed E-state index contributed by atoms with van der Waals surface area (Å²) in [5, 5.41) is 12.0. The number of hydrogen-bond acceptors (Lipinski definition) is 12. The van der Waals surface area contributed by atoms with E-state index >= 15 is 0 Å². The van der Waals surface area contributed by atoms with Gasteiger partial charge in [0.2, 0.25) is 17.7 Å². The highest BCUT2D eigenvalue weighted by Gasteiger charge is 2.46. The Bertz CT molecular complexity index is 2360. The topological polar surface area (TPSA) is 195 Å². The molecule has 15 nitrogen and oxygen atoms in total. The highest BCUT2D eigenvalue weighted by Crippen LogP contribution is 2.37. The van der Waals surface area contributed by atoms with Crippen molar-refractivity contribution in [2.75, 3.05) is 54.8 Å². The Morgan fingerprint density at radius 2 is 1.63 bits per heavy atom. The van der Waals surface area contributed by atoms with Crippen LogP contribution in [0.5, 0.6) is 5.75 Å². The van der Waals surface area contributed by atoms with Gasteiger partial charge < -0.3 is 25.2 Å². The van der Waals surface area contributed by atoms with E-state index in [1.165, 1.54) is 12.4 Å². The molecule has 17 heteroatoms. The van der Waals surface area contributed by atoms with E-state index in [4.69, 9.17) is 39.1 Å². The highest BCUT2D eigenvalue weighted by molar-refractivity contribution is 6.35. The molecule has 4 aliphatic heterocycles. The third-order valence-corrected chi connectivity index (χ3v) is 12.1. The summed E-state index contributed by atoms with van der Waals surface area (Å²) >= 11 is 12.7. The van der Waals surface area contributed by atoms with Gasteiger partial charge in [-0.05, 0) is 68.7 Å². The van der Waals surface area contributed by atoms with E-state index in [2.05, 4.69) is 20.2 Å². The Hall–Kier alpha value is -6.06. The number of fused-ring (bicyclic) bond motifs is 1. The van der Waals surface area contributed by atoms with E-state index in [9.17, 15) is 24.0 Å². The van der Waals surface area contributed by atoms with Crippen LogP contribution in [0.25, 0.3) is 0 Å². The predicted octanol–water partition coefficient (Wildman–Crippen LogP) is 4.89. The normalized spacial score (nSPS) is 19.1. The summed E-state index contributed by atoms with van der Waals surface area (Å²) in [4.78, 5) is 80.6. The molecule has 304 valence electrons. The number of carbonyl (C=O) groups excluding carboxylic acids is 5. The number of nitrogens with one attached hydrogen (secondary N) is 2. The Morgan fingerprint density at radius 1 is 0.898 bits per heavy atom. The Labute approximate surface area is 349 Å². The van der Waals surface area contributed by atoms with Crippen molar-refractivity contribution in [3.8, 4) is 5.75 Å².